The Morgan fingerprint density at radius 2 is 1.94 bits per heavy atom. The summed E-state index contributed by atoms with van der Waals surface area (Å²) in [6.45, 7) is 7.51. The van der Waals surface area contributed by atoms with E-state index in [1.54, 1.807) is 13.1 Å². The third kappa shape index (κ3) is 3.83. The molecule has 1 aliphatic heterocycles. The lowest BCUT2D eigenvalue weighted by Crippen LogP contribution is -2.54. The van der Waals surface area contributed by atoms with Crippen LogP contribution in [0.1, 0.15) is 42.9 Å². The van der Waals surface area contributed by atoms with Crippen LogP contribution < -0.4 is 15.5 Å². The molecule has 3 aromatic heterocycles. The van der Waals surface area contributed by atoms with Crippen molar-refractivity contribution in [1.29, 1.82) is 5.26 Å². The summed E-state index contributed by atoms with van der Waals surface area (Å²) >= 11 is 0. The van der Waals surface area contributed by atoms with Crippen molar-refractivity contribution in [2.75, 3.05) is 23.3 Å². The molecular formula is C25H26FN9O. The summed E-state index contributed by atoms with van der Waals surface area (Å²) in [5.74, 6) is 0.0699. The van der Waals surface area contributed by atoms with Gasteiger partial charge in [0.2, 0.25) is 0 Å². The second-order valence-corrected chi connectivity index (χ2v) is 9.87. The number of aromatic nitrogens is 5. The molecule has 1 aromatic carbocycles. The third-order valence-corrected chi connectivity index (χ3v) is 6.70. The summed E-state index contributed by atoms with van der Waals surface area (Å²) in [6.07, 6.45) is 3.26. The van der Waals surface area contributed by atoms with Gasteiger partial charge in [0.25, 0.3) is 5.91 Å². The molecule has 1 saturated carbocycles. The summed E-state index contributed by atoms with van der Waals surface area (Å²) in [5.41, 5.74) is 2.35. The minimum Gasteiger partial charge on any atom is -0.368 e. The molecule has 6 rings (SSSR count). The maximum absolute atomic E-state index is 14.7. The van der Waals surface area contributed by atoms with Crippen molar-refractivity contribution in [1.82, 2.24) is 29.7 Å². The third-order valence-electron chi connectivity index (χ3n) is 6.70. The topological polar surface area (TPSA) is 116 Å². The Labute approximate surface area is 206 Å². The van der Waals surface area contributed by atoms with Crippen LogP contribution >= 0.6 is 0 Å². The number of aryl methyl sites for hydroxylation is 1. The first-order valence-electron chi connectivity index (χ1n) is 12.1. The van der Waals surface area contributed by atoms with E-state index in [0.717, 1.165) is 31.6 Å². The van der Waals surface area contributed by atoms with Crippen LogP contribution in [-0.2, 0) is 0 Å². The molecule has 4 aromatic rings. The molecule has 1 saturated heterocycles. The maximum Gasteiger partial charge on any atom is 0.250 e. The van der Waals surface area contributed by atoms with Gasteiger partial charge < -0.3 is 15.5 Å². The fraction of sp³-hybridized carbons (Fsp3) is 0.400. The van der Waals surface area contributed by atoms with Crippen molar-refractivity contribution in [3.63, 3.8) is 0 Å². The van der Waals surface area contributed by atoms with Gasteiger partial charge in [0.15, 0.2) is 17.3 Å². The number of piperazine rings is 1. The first-order chi connectivity index (χ1) is 17.3. The number of fused-ring (bicyclic) bond motifs is 2. The Hall–Kier alpha value is -4.04. The van der Waals surface area contributed by atoms with Crippen molar-refractivity contribution in [2.45, 2.75) is 45.7 Å². The van der Waals surface area contributed by atoms with Gasteiger partial charge in [-0.3, -0.25) is 4.79 Å². The molecule has 0 amide bonds. The van der Waals surface area contributed by atoms with Gasteiger partial charge in [0, 0.05) is 42.8 Å². The zero-order chi connectivity index (χ0) is 25.1. The van der Waals surface area contributed by atoms with Crippen LogP contribution in [0.5, 0.6) is 0 Å². The minimum atomic E-state index is -0.539. The molecule has 0 spiro atoms. The van der Waals surface area contributed by atoms with Crippen molar-refractivity contribution >= 4 is 39.6 Å². The van der Waals surface area contributed by atoms with Gasteiger partial charge in [0.05, 0.1) is 28.4 Å². The van der Waals surface area contributed by atoms with Gasteiger partial charge in [-0.1, -0.05) is 0 Å². The Bertz CT molecular complexity index is 1550. The molecule has 2 fully saturated rings. The molecule has 184 valence electrons. The number of hydrogen-bond acceptors (Lipinski definition) is 8. The number of nitriles is 1. The lowest BCUT2D eigenvalue weighted by atomic mass is 10.1. The summed E-state index contributed by atoms with van der Waals surface area (Å²) in [5, 5.41) is 26.1. The van der Waals surface area contributed by atoms with Gasteiger partial charge in [-0.05, 0) is 45.7 Å². The fourth-order valence-electron chi connectivity index (χ4n) is 5.06. The minimum absolute atomic E-state index is 0.0682. The number of carbonyl (C=O) groups excluding carboxylic acids is 1. The van der Waals surface area contributed by atoms with Gasteiger partial charge in [-0.2, -0.15) is 15.0 Å². The van der Waals surface area contributed by atoms with Gasteiger partial charge in [-0.25, -0.2) is 13.9 Å². The number of anilines is 3. The first kappa shape index (κ1) is 22.4. The van der Waals surface area contributed by atoms with Gasteiger partial charge in [-0.15, -0.1) is 5.10 Å². The molecule has 0 unspecified atom stereocenters. The molecule has 2 aliphatic rings. The highest BCUT2D eigenvalue weighted by atomic mass is 19.1. The van der Waals surface area contributed by atoms with E-state index in [1.807, 2.05) is 12.1 Å². The predicted octanol–water partition coefficient (Wildman–Crippen LogP) is 3.38. The van der Waals surface area contributed by atoms with Crippen LogP contribution in [0.15, 0.2) is 24.4 Å². The van der Waals surface area contributed by atoms with Crippen molar-refractivity contribution in [3.05, 3.63) is 41.6 Å². The van der Waals surface area contributed by atoms with Crippen molar-refractivity contribution in [3.8, 4) is 6.07 Å². The largest absolute Gasteiger partial charge is 0.368 e. The van der Waals surface area contributed by atoms with Crippen LogP contribution in [0.2, 0.25) is 0 Å². The fourth-order valence-corrected chi connectivity index (χ4v) is 5.06. The summed E-state index contributed by atoms with van der Waals surface area (Å²) < 4.78 is 17.5. The van der Waals surface area contributed by atoms with E-state index in [4.69, 9.17) is 0 Å². The molecule has 4 heterocycles. The second kappa shape index (κ2) is 8.27. The highest BCUT2D eigenvalue weighted by Crippen LogP contribution is 2.37. The maximum atomic E-state index is 14.7. The quantitative estimate of drug-likeness (QED) is 0.450. The van der Waals surface area contributed by atoms with Crippen molar-refractivity contribution < 1.29 is 9.18 Å². The van der Waals surface area contributed by atoms with Crippen LogP contribution in [0.4, 0.5) is 21.6 Å². The molecule has 0 radical (unpaired) electrons. The van der Waals surface area contributed by atoms with Crippen LogP contribution in [0.25, 0.3) is 16.6 Å². The molecule has 36 heavy (non-hydrogen) atoms. The average Bonchev–Trinajstić information content (AvgIpc) is 3.52. The monoisotopic (exact) mass is 487 g/mol. The molecule has 2 atom stereocenters. The summed E-state index contributed by atoms with van der Waals surface area (Å²) in [6, 6.07) is 7.95. The van der Waals surface area contributed by atoms with E-state index in [9.17, 15) is 14.4 Å². The standard InChI is InChI=1S/C25H26FN9O/c1-13-10-33(11-14(2)28-13)19-6-17(9-27)22-21(8-19)35(25(36)16-4-5-16)32-23(22)30-18-7-20(26)24-29-15(3)31-34(24)12-18/h6-8,12-14,16,28H,4-5,10-11H2,1-3H3,(H,30,32)/t13-,14-/m0/s1. The SMILES string of the molecule is Cc1nc2c(F)cc(Nc3nn(C(=O)C4CC4)c4cc(N5C[C@H](C)N[C@@H](C)C5)cc(C#N)c34)cn2n1. The Balaban J connectivity index is 1.49. The average molecular weight is 488 g/mol. The van der Waals surface area contributed by atoms with Crippen LogP contribution in [0.3, 0.4) is 0 Å². The summed E-state index contributed by atoms with van der Waals surface area (Å²) in [7, 11) is 0. The number of benzene rings is 1. The number of nitrogens with zero attached hydrogens (tertiary/aromatic N) is 7. The molecule has 11 heteroatoms. The lowest BCUT2D eigenvalue weighted by Gasteiger charge is -2.37. The van der Waals surface area contributed by atoms with Crippen LogP contribution in [0, 0.1) is 30.0 Å². The molecule has 10 nitrogen and oxygen atoms in total. The number of carbonyl (C=O) groups is 1. The lowest BCUT2D eigenvalue weighted by molar-refractivity contribution is 0.0876. The smallest absolute Gasteiger partial charge is 0.250 e. The zero-order valence-electron chi connectivity index (χ0n) is 20.3. The molecule has 1 aliphatic carbocycles. The molecular weight excluding hydrogens is 461 g/mol. The summed E-state index contributed by atoms with van der Waals surface area (Å²) in [4.78, 5) is 19.5. The molecule has 2 N–H and O–H groups in total. The van der Waals surface area contributed by atoms with Crippen molar-refractivity contribution in [2.24, 2.45) is 5.92 Å². The van der Waals surface area contributed by atoms with Gasteiger partial charge >= 0.3 is 0 Å². The van der Waals surface area contributed by atoms with Gasteiger partial charge in [0.1, 0.15) is 11.9 Å². The van der Waals surface area contributed by atoms with E-state index < -0.39 is 5.82 Å². The first-order valence-corrected chi connectivity index (χ1v) is 12.1. The van der Waals surface area contributed by atoms with Crippen LogP contribution in [-0.4, -0.2) is 55.5 Å². The predicted molar refractivity (Wildman–Crippen MR) is 133 cm³/mol. The number of halogens is 1. The normalized spacial score (nSPS) is 20.1. The number of nitrogens with one attached hydrogen (secondary N) is 2. The zero-order valence-corrected chi connectivity index (χ0v) is 20.3. The van der Waals surface area contributed by atoms with E-state index in [0.29, 0.717) is 33.8 Å². The highest BCUT2D eigenvalue weighted by Gasteiger charge is 2.34. The second-order valence-electron chi connectivity index (χ2n) is 9.87. The number of pyridine rings is 1. The van der Waals surface area contributed by atoms with E-state index in [2.05, 4.69) is 50.6 Å². The Morgan fingerprint density at radius 1 is 1.19 bits per heavy atom. The van der Waals surface area contributed by atoms with E-state index >= 15 is 0 Å². The Kier molecular flexibility index (Phi) is 5.15. The number of hydrogen-bond donors (Lipinski definition) is 2. The Morgan fingerprint density at radius 3 is 2.64 bits per heavy atom. The van der Waals surface area contributed by atoms with E-state index in [1.165, 1.54) is 15.3 Å². The highest BCUT2D eigenvalue weighted by molar-refractivity contribution is 6.03. The molecule has 0 bridgehead atoms. The van der Waals surface area contributed by atoms with E-state index in [-0.39, 0.29) is 29.6 Å². The number of rotatable bonds is 4.